The standard InChI is InChI=1S/C12H12ClFN4OS/c1-2-5-20-12-10(17-19-18-12)11(15)16-7-3-4-9(14)8(13)6-7/h3-4,6H,2,5H2,1H3,(H2,15,16). The molecule has 20 heavy (non-hydrogen) atoms. The zero-order chi connectivity index (χ0) is 14.5. The van der Waals surface area contributed by atoms with Crippen LogP contribution in [0.3, 0.4) is 0 Å². The summed E-state index contributed by atoms with van der Waals surface area (Å²) in [6.07, 6.45) is 0.988. The molecule has 0 saturated heterocycles. The summed E-state index contributed by atoms with van der Waals surface area (Å²) in [5, 5.41) is 8.08. The Morgan fingerprint density at radius 3 is 3.00 bits per heavy atom. The minimum absolute atomic E-state index is 0.0158. The number of hydrogen-bond acceptors (Lipinski definition) is 5. The Balaban J connectivity index is 2.25. The molecule has 0 aliphatic rings. The molecule has 8 heteroatoms. The highest BCUT2D eigenvalue weighted by molar-refractivity contribution is 7.99. The molecule has 0 bridgehead atoms. The van der Waals surface area contributed by atoms with Crippen LogP contribution in [0.5, 0.6) is 0 Å². The number of nitrogens with zero attached hydrogens (tertiary/aromatic N) is 3. The zero-order valence-electron chi connectivity index (χ0n) is 10.6. The second kappa shape index (κ2) is 6.71. The molecule has 0 aliphatic heterocycles. The Morgan fingerprint density at radius 2 is 2.30 bits per heavy atom. The van der Waals surface area contributed by atoms with Crippen LogP contribution in [-0.2, 0) is 0 Å². The highest BCUT2D eigenvalue weighted by atomic mass is 35.5. The fourth-order valence-electron chi connectivity index (χ4n) is 1.38. The molecule has 0 spiro atoms. The van der Waals surface area contributed by atoms with Crippen LogP contribution in [0.1, 0.15) is 19.0 Å². The minimum atomic E-state index is -0.508. The lowest BCUT2D eigenvalue weighted by molar-refractivity contribution is 0.298. The number of aliphatic imine (C=N–C) groups is 1. The van der Waals surface area contributed by atoms with E-state index in [2.05, 4.69) is 26.9 Å². The normalized spacial score (nSPS) is 11.8. The summed E-state index contributed by atoms with van der Waals surface area (Å²) >= 11 is 7.17. The van der Waals surface area contributed by atoms with E-state index < -0.39 is 5.82 Å². The molecule has 0 atom stereocenters. The quantitative estimate of drug-likeness (QED) is 0.520. The van der Waals surface area contributed by atoms with Crippen molar-refractivity contribution >= 4 is 34.9 Å². The van der Waals surface area contributed by atoms with E-state index in [1.54, 1.807) is 0 Å². The molecule has 0 amide bonds. The molecule has 2 N–H and O–H groups in total. The maximum atomic E-state index is 13.1. The first-order chi connectivity index (χ1) is 9.61. The van der Waals surface area contributed by atoms with Gasteiger partial charge in [-0.25, -0.2) is 14.0 Å². The fraction of sp³-hybridized carbons (Fsp3) is 0.250. The number of rotatable bonds is 5. The van der Waals surface area contributed by atoms with Crippen LogP contribution in [0, 0.1) is 5.82 Å². The average Bonchev–Trinajstić information content (AvgIpc) is 2.89. The highest BCUT2D eigenvalue weighted by Crippen LogP contribution is 2.24. The predicted octanol–water partition coefficient (Wildman–Crippen LogP) is 3.40. The lowest BCUT2D eigenvalue weighted by atomic mass is 10.3. The molecular weight excluding hydrogens is 303 g/mol. The Bertz CT molecular complexity index is 632. The van der Waals surface area contributed by atoms with Crippen LogP contribution in [0.2, 0.25) is 5.02 Å². The summed E-state index contributed by atoms with van der Waals surface area (Å²) in [7, 11) is 0. The molecule has 0 saturated carbocycles. The van der Waals surface area contributed by atoms with Gasteiger partial charge in [-0.1, -0.05) is 18.5 Å². The number of aromatic nitrogens is 2. The van der Waals surface area contributed by atoms with Crippen LogP contribution in [0.25, 0.3) is 0 Å². The molecule has 1 aromatic heterocycles. The van der Waals surface area contributed by atoms with E-state index in [0.717, 1.165) is 12.2 Å². The van der Waals surface area contributed by atoms with E-state index in [1.807, 2.05) is 0 Å². The van der Waals surface area contributed by atoms with Crippen molar-refractivity contribution in [2.24, 2.45) is 10.7 Å². The SMILES string of the molecule is CCCSc1nonc1C(N)=Nc1ccc(F)c(Cl)c1. The third-order valence-corrected chi connectivity index (χ3v) is 3.74. The summed E-state index contributed by atoms with van der Waals surface area (Å²) in [6.45, 7) is 2.05. The van der Waals surface area contributed by atoms with Crippen LogP contribution < -0.4 is 5.73 Å². The number of halogens is 2. The van der Waals surface area contributed by atoms with Crippen molar-refractivity contribution in [3.8, 4) is 0 Å². The summed E-state index contributed by atoms with van der Waals surface area (Å²) < 4.78 is 17.7. The van der Waals surface area contributed by atoms with Crippen molar-refractivity contribution in [3.05, 3.63) is 34.7 Å². The number of nitrogens with two attached hydrogens (primary N) is 1. The first-order valence-electron chi connectivity index (χ1n) is 5.86. The Kier molecular flexibility index (Phi) is 4.97. The molecule has 1 heterocycles. The molecule has 0 aliphatic carbocycles. The van der Waals surface area contributed by atoms with Gasteiger partial charge in [0.25, 0.3) is 0 Å². The monoisotopic (exact) mass is 314 g/mol. The Hall–Kier alpha value is -1.60. The molecular formula is C12H12ClFN4OS. The molecule has 0 unspecified atom stereocenters. The van der Waals surface area contributed by atoms with E-state index in [1.165, 1.54) is 30.0 Å². The number of thioether (sulfide) groups is 1. The maximum Gasteiger partial charge on any atom is 0.183 e. The van der Waals surface area contributed by atoms with E-state index in [4.69, 9.17) is 17.3 Å². The molecule has 106 valence electrons. The number of amidine groups is 1. The fourth-order valence-corrected chi connectivity index (χ4v) is 2.31. The van der Waals surface area contributed by atoms with Crippen LogP contribution >= 0.6 is 23.4 Å². The molecule has 1 aromatic carbocycles. The summed E-state index contributed by atoms with van der Waals surface area (Å²) in [4.78, 5) is 4.14. The van der Waals surface area contributed by atoms with Gasteiger partial charge in [-0.05, 0) is 40.7 Å². The van der Waals surface area contributed by atoms with E-state index in [9.17, 15) is 4.39 Å². The van der Waals surface area contributed by atoms with Crippen LogP contribution in [0.15, 0.2) is 32.8 Å². The molecule has 2 aromatic rings. The van der Waals surface area contributed by atoms with Gasteiger partial charge in [0.05, 0.1) is 10.7 Å². The van der Waals surface area contributed by atoms with Crippen LogP contribution in [0.4, 0.5) is 10.1 Å². The van der Waals surface area contributed by atoms with Crippen molar-refractivity contribution in [2.45, 2.75) is 18.4 Å². The molecule has 0 radical (unpaired) electrons. The van der Waals surface area contributed by atoms with Gasteiger partial charge < -0.3 is 5.73 Å². The van der Waals surface area contributed by atoms with Crippen molar-refractivity contribution in [2.75, 3.05) is 5.75 Å². The van der Waals surface area contributed by atoms with Gasteiger partial charge in [0, 0.05) is 0 Å². The smallest absolute Gasteiger partial charge is 0.183 e. The third-order valence-electron chi connectivity index (χ3n) is 2.30. The lowest BCUT2D eigenvalue weighted by Gasteiger charge is -2.00. The van der Waals surface area contributed by atoms with Gasteiger partial charge in [-0.2, -0.15) is 0 Å². The molecule has 0 fully saturated rings. The molecule has 2 rings (SSSR count). The third kappa shape index (κ3) is 3.49. The Labute approximate surface area is 124 Å². The Morgan fingerprint density at radius 1 is 1.50 bits per heavy atom. The lowest BCUT2D eigenvalue weighted by Crippen LogP contribution is -2.14. The largest absolute Gasteiger partial charge is 0.382 e. The van der Waals surface area contributed by atoms with Gasteiger partial charge >= 0.3 is 0 Å². The van der Waals surface area contributed by atoms with Gasteiger partial charge in [0.1, 0.15) is 5.82 Å². The predicted molar refractivity (Wildman–Crippen MR) is 77.1 cm³/mol. The summed E-state index contributed by atoms with van der Waals surface area (Å²) in [6, 6.07) is 4.08. The van der Waals surface area contributed by atoms with E-state index in [0.29, 0.717) is 16.4 Å². The second-order valence-electron chi connectivity index (χ2n) is 3.86. The van der Waals surface area contributed by atoms with Crippen molar-refractivity contribution < 1.29 is 9.02 Å². The van der Waals surface area contributed by atoms with Crippen LogP contribution in [-0.4, -0.2) is 21.9 Å². The van der Waals surface area contributed by atoms with Crippen molar-refractivity contribution in [1.82, 2.24) is 10.3 Å². The van der Waals surface area contributed by atoms with Crippen molar-refractivity contribution in [3.63, 3.8) is 0 Å². The first kappa shape index (κ1) is 14.8. The van der Waals surface area contributed by atoms with Gasteiger partial charge in [-0.3, -0.25) is 0 Å². The van der Waals surface area contributed by atoms with Crippen molar-refractivity contribution in [1.29, 1.82) is 0 Å². The first-order valence-corrected chi connectivity index (χ1v) is 7.23. The van der Waals surface area contributed by atoms with Gasteiger partial charge in [0.15, 0.2) is 16.6 Å². The zero-order valence-corrected chi connectivity index (χ0v) is 12.2. The molecule has 5 nitrogen and oxygen atoms in total. The minimum Gasteiger partial charge on any atom is -0.382 e. The van der Waals surface area contributed by atoms with E-state index >= 15 is 0 Å². The number of benzene rings is 1. The van der Waals surface area contributed by atoms with Gasteiger partial charge in [-0.15, -0.1) is 11.8 Å². The summed E-state index contributed by atoms with van der Waals surface area (Å²) in [5.74, 6) is 0.510. The average molecular weight is 315 g/mol. The highest BCUT2D eigenvalue weighted by Gasteiger charge is 2.14. The van der Waals surface area contributed by atoms with Gasteiger partial charge in [0.2, 0.25) is 0 Å². The second-order valence-corrected chi connectivity index (χ2v) is 5.35. The maximum absolute atomic E-state index is 13.1. The topological polar surface area (TPSA) is 77.3 Å². The van der Waals surface area contributed by atoms with E-state index in [-0.39, 0.29) is 10.9 Å². The number of hydrogen-bond donors (Lipinski definition) is 1. The summed E-state index contributed by atoms with van der Waals surface area (Å²) in [5.41, 5.74) is 6.68.